The third-order valence-electron chi connectivity index (χ3n) is 3.21. The Balaban J connectivity index is 4.19. The fourth-order valence-corrected chi connectivity index (χ4v) is 2.12. The summed E-state index contributed by atoms with van der Waals surface area (Å²) in [5.41, 5.74) is 5.87. The molecule has 2 nitrogen and oxygen atoms in total. The van der Waals surface area contributed by atoms with Crippen molar-refractivity contribution < 1.29 is 0 Å². The summed E-state index contributed by atoms with van der Waals surface area (Å²) in [6.45, 7) is 12.5. The van der Waals surface area contributed by atoms with Crippen molar-refractivity contribution in [2.45, 2.75) is 78.4 Å². The molecule has 92 valence electrons. The van der Waals surface area contributed by atoms with Gasteiger partial charge in [-0.25, -0.2) is 0 Å². The summed E-state index contributed by atoms with van der Waals surface area (Å²) >= 11 is 0. The molecule has 3 unspecified atom stereocenters. The van der Waals surface area contributed by atoms with E-state index in [2.05, 4.69) is 39.5 Å². The first-order valence-electron chi connectivity index (χ1n) is 6.54. The maximum atomic E-state index is 5.87. The fraction of sp³-hybridized carbons (Fsp3) is 1.00. The van der Waals surface area contributed by atoms with E-state index in [0.717, 1.165) is 6.42 Å². The lowest BCUT2D eigenvalue weighted by atomic mass is 10.1. The number of unbranched alkanes of at least 4 members (excludes halogenated alkanes) is 1. The molecule has 15 heavy (non-hydrogen) atoms. The molecule has 0 rings (SSSR count). The van der Waals surface area contributed by atoms with Crippen LogP contribution in [0.4, 0.5) is 0 Å². The van der Waals surface area contributed by atoms with Crippen LogP contribution >= 0.6 is 0 Å². The van der Waals surface area contributed by atoms with Crippen molar-refractivity contribution in [2.75, 3.05) is 6.54 Å². The molecule has 2 heteroatoms. The van der Waals surface area contributed by atoms with Crippen LogP contribution in [0.2, 0.25) is 0 Å². The summed E-state index contributed by atoms with van der Waals surface area (Å²) in [5, 5.41) is 0. The number of nitrogens with zero attached hydrogens (tertiary/aromatic N) is 1. The molecular weight excluding hydrogens is 184 g/mol. The third-order valence-corrected chi connectivity index (χ3v) is 3.21. The Kier molecular flexibility index (Phi) is 8.07. The highest BCUT2D eigenvalue weighted by atomic mass is 15.2. The van der Waals surface area contributed by atoms with Crippen LogP contribution in [-0.2, 0) is 0 Å². The van der Waals surface area contributed by atoms with Gasteiger partial charge >= 0.3 is 0 Å². The highest BCUT2D eigenvalue weighted by Crippen LogP contribution is 2.13. The van der Waals surface area contributed by atoms with E-state index in [4.69, 9.17) is 5.73 Å². The predicted octanol–water partition coefficient (Wildman–Crippen LogP) is 3.01. The molecule has 0 aliphatic carbocycles. The summed E-state index contributed by atoms with van der Waals surface area (Å²) in [7, 11) is 0. The van der Waals surface area contributed by atoms with E-state index < -0.39 is 0 Å². The SMILES string of the molecule is CCCCN(C(C)CC)C(C)CC(C)N. The Morgan fingerprint density at radius 3 is 2.07 bits per heavy atom. The molecule has 0 aromatic heterocycles. The lowest BCUT2D eigenvalue weighted by molar-refractivity contribution is 0.136. The van der Waals surface area contributed by atoms with Gasteiger partial charge in [0.25, 0.3) is 0 Å². The average molecular weight is 214 g/mol. The summed E-state index contributed by atoms with van der Waals surface area (Å²) in [6, 6.07) is 1.62. The van der Waals surface area contributed by atoms with Gasteiger partial charge in [0.05, 0.1) is 0 Å². The third kappa shape index (κ3) is 6.16. The van der Waals surface area contributed by atoms with Crippen LogP contribution in [0.1, 0.15) is 60.3 Å². The summed E-state index contributed by atoms with van der Waals surface area (Å²) < 4.78 is 0. The second-order valence-electron chi connectivity index (χ2n) is 4.91. The molecule has 0 heterocycles. The Hall–Kier alpha value is -0.0800. The predicted molar refractivity (Wildman–Crippen MR) is 69.1 cm³/mol. The van der Waals surface area contributed by atoms with Crippen LogP contribution in [-0.4, -0.2) is 29.6 Å². The molecule has 0 amide bonds. The topological polar surface area (TPSA) is 29.3 Å². The van der Waals surface area contributed by atoms with Gasteiger partial charge in [-0.2, -0.15) is 0 Å². The van der Waals surface area contributed by atoms with E-state index in [1.54, 1.807) is 0 Å². The molecule has 0 aliphatic rings. The molecule has 2 N–H and O–H groups in total. The van der Waals surface area contributed by atoms with Gasteiger partial charge < -0.3 is 5.73 Å². The minimum absolute atomic E-state index is 0.313. The van der Waals surface area contributed by atoms with Gasteiger partial charge in [-0.15, -0.1) is 0 Å². The molecule has 0 bridgehead atoms. The smallest absolute Gasteiger partial charge is 0.00843 e. The second kappa shape index (κ2) is 8.12. The first-order chi connectivity index (χ1) is 7.02. The zero-order valence-electron chi connectivity index (χ0n) is 11.3. The van der Waals surface area contributed by atoms with E-state index in [0.29, 0.717) is 18.1 Å². The zero-order valence-corrected chi connectivity index (χ0v) is 11.3. The summed E-state index contributed by atoms with van der Waals surface area (Å²) in [6.07, 6.45) is 4.91. The van der Waals surface area contributed by atoms with Gasteiger partial charge in [0.2, 0.25) is 0 Å². The van der Waals surface area contributed by atoms with E-state index in [9.17, 15) is 0 Å². The Morgan fingerprint density at radius 2 is 1.67 bits per heavy atom. The monoisotopic (exact) mass is 214 g/mol. The fourth-order valence-electron chi connectivity index (χ4n) is 2.12. The first kappa shape index (κ1) is 14.9. The standard InChI is InChI=1S/C13H30N2/c1-6-8-9-15(12(4)7-2)13(5)10-11(3)14/h11-13H,6-10,14H2,1-5H3. The minimum Gasteiger partial charge on any atom is -0.328 e. The molecule has 0 aliphatic heterocycles. The molecular formula is C13H30N2. The molecule has 0 aromatic rings. The average Bonchev–Trinajstić information content (AvgIpc) is 2.16. The largest absolute Gasteiger partial charge is 0.328 e. The van der Waals surface area contributed by atoms with Crippen LogP contribution in [0.5, 0.6) is 0 Å². The van der Waals surface area contributed by atoms with Crippen LogP contribution in [0.25, 0.3) is 0 Å². The van der Waals surface area contributed by atoms with E-state index in [1.807, 2.05) is 0 Å². The van der Waals surface area contributed by atoms with Crippen molar-refractivity contribution in [3.05, 3.63) is 0 Å². The minimum atomic E-state index is 0.313. The highest BCUT2D eigenvalue weighted by molar-refractivity contribution is 4.75. The summed E-state index contributed by atoms with van der Waals surface area (Å²) in [4.78, 5) is 2.62. The van der Waals surface area contributed by atoms with Crippen LogP contribution in [0.15, 0.2) is 0 Å². The normalized spacial score (nSPS) is 17.8. The van der Waals surface area contributed by atoms with Crippen molar-refractivity contribution >= 4 is 0 Å². The molecule has 3 atom stereocenters. The molecule has 0 fully saturated rings. The van der Waals surface area contributed by atoms with Crippen molar-refractivity contribution in [2.24, 2.45) is 5.73 Å². The molecule has 0 aromatic carbocycles. The van der Waals surface area contributed by atoms with Crippen molar-refractivity contribution in [1.82, 2.24) is 4.90 Å². The van der Waals surface area contributed by atoms with Gasteiger partial charge in [-0.05, 0) is 46.6 Å². The number of hydrogen-bond acceptors (Lipinski definition) is 2. The molecule has 0 spiro atoms. The van der Waals surface area contributed by atoms with Crippen molar-refractivity contribution in [1.29, 1.82) is 0 Å². The number of nitrogens with two attached hydrogens (primary N) is 1. The van der Waals surface area contributed by atoms with Crippen LogP contribution in [0, 0.1) is 0 Å². The maximum Gasteiger partial charge on any atom is 0.00843 e. The van der Waals surface area contributed by atoms with E-state index in [1.165, 1.54) is 25.8 Å². The van der Waals surface area contributed by atoms with Gasteiger partial charge in [0, 0.05) is 18.1 Å². The molecule has 0 saturated heterocycles. The number of rotatable bonds is 8. The van der Waals surface area contributed by atoms with Gasteiger partial charge in [-0.1, -0.05) is 20.3 Å². The van der Waals surface area contributed by atoms with E-state index >= 15 is 0 Å². The Morgan fingerprint density at radius 1 is 1.07 bits per heavy atom. The quantitative estimate of drug-likeness (QED) is 0.673. The number of hydrogen-bond donors (Lipinski definition) is 1. The van der Waals surface area contributed by atoms with Gasteiger partial charge in [-0.3, -0.25) is 4.90 Å². The van der Waals surface area contributed by atoms with Crippen LogP contribution in [0.3, 0.4) is 0 Å². The van der Waals surface area contributed by atoms with Gasteiger partial charge in [0.15, 0.2) is 0 Å². The molecule has 0 radical (unpaired) electrons. The first-order valence-corrected chi connectivity index (χ1v) is 6.54. The highest BCUT2D eigenvalue weighted by Gasteiger charge is 2.18. The lowest BCUT2D eigenvalue weighted by Gasteiger charge is -2.35. The van der Waals surface area contributed by atoms with Crippen LogP contribution < -0.4 is 5.73 Å². The maximum absolute atomic E-state index is 5.87. The molecule has 0 saturated carbocycles. The van der Waals surface area contributed by atoms with Gasteiger partial charge in [0.1, 0.15) is 0 Å². The Bertz CT molecular complexity index is 145. The Labute approximate surface area is 96.2 Å². The van der Waals surface area contributed by atoms with E-state index in [-0.39, 0.29) is 0 Å². The zero-order chi connectivity index (χ0) is 11.8. The van der Waals surface area contributed by atoms with Crippen molar-refractivity contribution in [3.63, 3.8) is 0 Å². The second-order valence-corrected chi connectivity index (χ2v) is 4.91. The lowest BCUT2D eigenvalue weighted by Crippen LogP contribution is -2.43. The summed E-state index contributed by atoms with van der Waals surface area (Å²) in [5.74, 6) is 0. The van der Waals surface area contributed by atoms with Crippen molar-refractivity contribution in [3.8, 4) is 0 Å².